The summed E-state index contributed by atoms with van der Waals surface area (Å²) in [5.41, 5.74) is 1.66. The van der Waals surface area contributed by atoms with Gasteiger partial charge in [-0.3, -0.25) is 9.59 Å². The van der Waals surface area contributed by atoms with E-state index in [4.69, 9.17) is 4.74 Å². The molecule has 0 radical (unpaired) electrons. The van der Waals surface area contributed by atoms with E-state index in [-0.39, 0.29) is 23.5 Å². The predicted molar refractivity (Wildman–Crippen MR) is 124 cm³/mol. The second-order valence-corrected chi connectivity index (χ2v) is 9.68. The lowest BCUT2D eigenvalue weighted by Crippen LogP contribution is -2.41. The van der Waals surface area contributed by atoms with Crippen LogP contribution in [0.25, 0.3) is 0 Å². The highest BCUT2D eigenvalue weighted by Crippen LogP contribution is 2.36. The predicted octanol–water partition coefficient (Wildman–Crippen LogP) is 3.69. The molecule has 0 aliphatic carbocycles. The molecule has 9 heteroatoms. The Balaban J connectivity index is 1.49. The van der Waals surface area contributed by atoms with E-state index in [0.717, 1.165) is 11.1 Å². The molecule has 7 nitrogen and oxygen atoms in total. The first kappa shape index (κ1) is 23.6. The van der Waals surface area contributed by atoms with Gasteiger partial charge >= 0.3 is 5.97 Å². The Bertz CT molecular complexity index is 1300. The van der Waals surface area contributed by atoms with Crippen molar-refractivity contribution in [3.05, 3.63) is 95.8 Å². The van der Waals surface area contributed by atoms with Crippen molar-refractivity contribution in [3.63, 3.8) is 0 Å². The summed E-state index contributed by atoms with van der Waals surface area (Å²) < 4.78 is 46.9. The molecule has 0 bridgehead atoms. The van der Waals surface area contributed by atoms with Crippen LogP contribution in [0.2, 0.25) is 0 Å². The Labute approximate surface area is 197 Å². The standard InChI is InChI=1S/C25H23FN2O5S/c26-21-12-6-7-13-22(21)27-24(29)17-33-25(30)16-23-20-11-5-4-8-18(20)14-15-28(23)34(31,32)19-9-2-1-3-10-19/h1-13,23H,14-17H2,(H,27,29). The van der Waals surface area contributed by atoms with Crippen LogP contribution in [0.5, 0.6) is 0 Å². The van der Waals surface area contributed by atoms with Crippen LogP contribution in [0.15, 0.2) is 83.8 Å². The number of sulfonamides is 1. The smallest absolute Gasteiger partial charge is 0.308 e. The van der Waals surface area contributed by atoms with E-state index in [1.165, 1.54) is 34.6 Å². The molecule has 1 heterocycles. The van der Waals surface area contributed by atoms with Gasteiger partial charge in [-0.15, -0.1) is 0 Å². The maximum absolute atomic E-state index is 13.7. The Kier molecular flexibility index (Phi) is 7.04. The maximum atomic E-state index is 13.7. The van der Waals surface area contributed by atoms with Crippen molar-refractivity contribution in [2.75, 3.05) is 18.5 Å². The quantitative estimate of drug-likeness (QED) is 0.519. The molecule has 1 amide bonds. The lowest BCUT2D eigenvalue weighted by atomic mass is 9.92. The van der Waals surface area contributed by atoms with Crippen molar-refractivity contribution in [2.45, 2.75) is 23.8 Å². The molecule has 3 aromatic carbocycles. The minimum absolute atomic E-state index is 0.0233. The highest BCUT2D eigenvalue weighted by Gasteiger charge is 2.37. The Morgan fingerprint density at radius 2 is 1.65 bits per heavy atom. The normalized spacial score (nSPS) is 15.9. The first-order chi connectivity index (χ1) is 16.4. The second-order valence-electron chi connectivity index (χ2n) is 7.79. The van der Waals surface area contributed by atoms with Gasteiger partial charge in [0.1, 0.15) is 5.82 Å². The molecule has 3 aromatic rings. The number of amides is 1. The van der Waals surface area contributed by atoms with Crippen molar-refractivity contribution < 1.29 is 27.1 Å². The van der Waals surface area contributed by atoms with Crippen molar-refractivity contribution >= 4 is 27.6 Å². The number of fused-ring (bicyclic) bond motifs is 1. The fourth-order valence-electron chi connectivity index (χ4n) is 3.97. The number of nitrogens with zero attached hydrogens (tertiary/aromatic N) is 1. The minimum atomic E-state index is -3.87. The third-order valence-corrected chi connectivity index (χ3v) is 7.51. The third-order valence-electron chi connectivity index (χ3n) is 5.59. The molecule has 1 atom stereocenters. The molecular weight excluding hydrogens is 459 g/mol. The molecule has 0 spiro atoms. The van der Waals surface area contributed by atoms with Gasteiger partial charge in [-0.05, 0) is 41.8 Å². The summed E-state index contributed by atoms with van der Waals surface area (Å²) in [6.07, 6.45) is 0.245. The molecule has 1 N–H and O–H groups in total. The number of para-hydroxylation sites is 1. The molecular formula is C25H23FN2O5S. The van der Waals surface area contributed by atoms with Gasteiger partial charge in [0.05, 0.1) is 23.0 Å². The van der Waals surface area contributed by atoms with Crippen LogP contribution in [0.1, 0.15) is 23.6 Å². The van der Waals surface area contributed by atoms with E-state index >= 15 is 0 Å². The molecule has 0 fully saturated rings. The fourth-order valence-corrected chi connectivity index (χ4v) is 5.59. The molecule has 1 unspecified atom stereocenters. The Morgan fingerprint density at radius 1 is 0.971 bits per heavy atom. The molecule has 0 saturated heterocycles. The average Bonchev–Trinajstić information content (AvgIpc) is 2.85. The first-order valence-electron chi connectivity index (χ1n) is 10.7. The molecule has 1 aliphatic heterocycles. The zero-order valence-corrected chi connectivity index (χ0v) is 19.0. The number of ether oxygens (including phenoxy) is 1. The van der Waals surface area contributed by atoms with E-state index in [1.807, 2.05) is 12.1 Å². The number of hydrogen-bond acceptors (Lipinski definition) is 5. The van der Waals surface area contributed by atoms with E-state index in [1.54, 1.807) is 36.4 Å². The second kappa shape index (κ2) is 10.1. The number of hydrogen-bond donors (Lipinski definition) is 1. The van der Waals surface area contributed by atoms with Crippen molar-refractivity contribution in [1.82, 2.24) is 4.31 Å². The van der Waals surface area contributed by atoms with Crippen molar-refractivity contribution in [1.29, 1.82) is 0 Å². The van der Waals surface area contributed by atoms with Crippen LogP contribution in [-0.2, 0) is 30.8 Å². The van der Waals surface area contributed by atoms with Gasteiger partial charge < -0.3 is 10.1 Å². The van der Waals surface area contributed by atoms with Crippen molar-refractivity contribution in [3.8, 4) is 0 Å². The highest BCUT2D eigenvalue weighted by molar-refractivity contribution is 7.89. The summed E-state index contributed by atoms with van der Waals surface area (Å²) in [6, 6.07) is 20.2. The first-order valence-corrected chi connectivity index (χ1v) is 12.1. The summed E-state index contributed by atoms with van der Waals surface area (Å²) >= 11 is 0. The van der Waals surface area contributed by atoms with Crippen LogP contribution in [0.3, 0.4) is 0 Å². The number of anilines is 1. The van der Waals surface area contributed by atoms with E-state index < -0.39 is 40.4 Å². The number of benzene rings is 3. The number of carbonyl (C=O) groups excluding carboxylic acids is 2. The zero-order valence-electron chi connectivity index (χ0n) is 18.2. The SMILES string of the molecule is O=C(COC(=O)CC1c2ccccc2CCN1S(=O)(=O)c1ccccc1)Nc1ccccc1F. The highest BCUT2D eigenvalue weighted by atomic mass is 32.2. The Hall–Kier alpha value is -3.56. The maximum Gasteiger partial charge on any atom is 0.308 e. The lowest BCUT2D eigenvalue weighted by molar-refractivity contribution is -0.148. The molecule has 1 aliphatic rings. The van der Waals surface area contributed by atoms with Gasteiger partial charge in [0.15, 0.2) is 6.61 Å². The van der Waals surface area contributed by atoms with Gasteiger partial charge in [-0.25, -0.2) is 12.8 Å². The summed E-state index contributed by atoms with van der Waals surface area (Å²) in [4.78, 5) is 24.9. The molecule has 34 heavy (non-hydrogen) atoms. The summed E-state index contributed by atoms with van der Waals surface area (Å²) in [6.45, 7) is -0.410. The zero-order chi connectivity index (χ0) is 24.1. The van der Waals surface area contributed by atoms with Crippen LogP contribution < -0.4 is 5.32 Å². The van der Waals surface area contributed by atoms with Gasteiger partial charge in [0, 0.05) is 6.54 Å². The van der Waals surface area contributed by atoms with E-state index in [2.05, 4.69) is 5.32 Å². The summed E-state index contributed by atoms with van der Waals surface area (Å²) in [7, 11) is -3.87. The van der Waals surface area contributed by atoms with Crippen LogP contribution >= 0.6 is 0 Å². The number of carbonyl (C=O) groups is 2. The lowest BCUT2D eigenvalue weighted by Gasteiger charge is -2.36. The molecule has 4 rings (SSSR count). The minimum Gasteiger partial charge on any atom is -0.456 e. The summed E-state index contributed by atoms with van der Waals surface area (Å²) in [5.74, 6) is -2.04. The molecule has 0 saturated carbocycles. The average molecular weight is 483 g/mol. The van der Waals surface area contributed by atoms with Crippen molar-refractivity contribution in [2.24, 2.45) is 0 Å². The Morgan fingerprint density at radius 3 is 2.41 bits per heavy atom. The van der Waals surface area contributed by atoms with Gasteiger partial charge in [-0.2, -0.15) is 4.31 Å². The third kappa shape index (κ3) is 5.16. The van der Waals surface area contributed by atoms with Gasteiger partial charge in [-0.1, -0.05) is 54.6 Å². The van der Waals surface area contributed by atoms with Crippen LogP contribution in [-0.4, -0.2) is 37.8 Å². The van der Waals surface area contributed by atoms with Gasteiger partial charge in [0.25, 0.3) is 5.91 Å². The largest absolute Gasteiger partial charge is 0.456 e. The van der Waals surface area contributed by atoms with Crippen LogP contribution in [0.4, 0.5) is 10.1 Å². The monoisotopic (exact) mass is 482 g/mol. The van der Waals surface area contributed by atoms with E-state index in [0.29, 0.717) is 6.42 Å². The fraction of sp³-hybridized carbons (Fsp3) is 0.200. The number of rotatable bonds is 7. The molecule has 0 aromatic heterocycles. The number of nitrogens with one attached hydrogen (secondary N) is 1. The topological polar surface area (TPSA) is 92.8 Å². The number of esters is 1. The summed E-state index contributed by atoms with van der Waals surface area (Å²) in [5, 5.41) is 2.34. The van der Waals surface area contributed by atoms with Gasteiger partial charge in [0.2, 0.25) is 10.0 Å². The van der Waals surface area contributed by atoms with E-state index in [9.17, 15) is 22.4 Å². The van der Waals surface area contributed by atoms with Crippen LogP contribution in [0, 0.1) is 5.82 Å². The molecule has 176 valence electrons. The number of halogens is 1.